The molecule has 140 valence electrons. The maximum Gasteiger partial charge on any atom is 0.228 e. The van der Waals surface area contributed by atoms with Crippen LogP contribution in [0.1, 0.15) is 56.5 Å². The van der Waals surface area contributed by atoms with Crippen LogP contribution in [0.15, 0.2) is 39.8 Å². The molecule has 0 aliphatic carbocycles. The van der Waals surface area contributed by atoms with Crippen LogP contribution in [0.5, 0.6) is 5.88 Å². The Labute approximate surface area is 165 Å². The first-order chi connectivity index (χ1) is 12.3. The molecule has 5 heteroatoms. The second kappa shape index (κ2) is 9.17. The standard InChI is InChI=1S/C21H28BrN3O/c1-7-25(6)13-23-20-12-19(22)21(24-15(20)4)26-16(5)18-11-9-8-10-17(18)14(2)3/h8-14,16H,7H2,1-6H3. The Balaban J connectivity index is 2.25. The first kappa shape index (κ1) is 20.4. The van der Waals surface area contributed by atoms with Crippen molar-refractivity contribution in [1.82, 2.24) is 9.88 Å². The second-order valence-corrected chi connectivity index (χ2v) is 7.60. The zero-order chi connectivity index (χ0) is 19.3. The second-order valence-electron chi connectivity index (χ2n) is 6.74. The van der Waals surface area contributed by atoms with Crippen LogP contribution in [-0.4, -0.2) is 29.8 Å². The minimum Gasteiger partial charge on any atom is -0.469 e. The summed E-state index contributed by atoms with van der Waals surface area (Å²) in [6, 6.07) is 10.4. The quantitative estimate of drug-likeness (QED) is 0.407. The van der Waals surface area contributed by atoms with Crippen molar-refractivity contribution in [3.63, 3.8) is 0 Å². The minimum atomic E-state index is -0.0858. The molecule has 2 rings (SSSR count). The van der Waals surface area contributed by atoms with E-state index in [1.54, 1.807) is 0 Å². The Kier molecular flexibility index (Phi) is 7.21. The number of ether oxygens (including phenoxy) is 1. The maximum atomic E-state index is 6.18. The summed E-state index contributed by atoms with van der Waals surface area (Å²) in [4.78, 5) is 11.1. The third-order valence-corrected chi connectivity index (χ3v) is 4.91. The van der Waals surface area contributed by atoms with Gasteiger partial charge in [0, 0.05) is 13.6 Å². The summed E-state index contributed by atoms with van der Waals surface area (Å²) in [5.41, 5.74) is 4.17. The summed E-state index contributed by atoms with van der Waals surface area (Å²) in [6.07, 6.45) is 1.73. The molecule has 0 saturated heterocycles. The topological polar surface area (TPSA) is 37.7 Å². The van der Waals surface area contributed by atoms with Gasteiger partial charge in [-0.15, -0.1) is 0 Å². The number of hydrogen-bond acceptors (Lipinski definition) is 3. The number of aromatic nitrogens is 1. The lowest BCUT2D eigenvalue weighted by molar-refractivity contribution is 0.214. The molecule has 0 aliphatic heterocycles. The van der Waals surface area contributed by atoms with Crippen LogP contribution in [-0.2, 0) is 0 Å². The Morgan fingerprint density at radius 2 is 1.88 bits per heavy atom. The van der Waals surface area contributed by atoms with Gasteiger partial charge in [-0.25, -0.2) is 9.98 Å². The molecule has 1 unspecified atom stereocenters. The number of pyridine rings is 1. The molecule has 4 nitrogen and oxygen atoms in total. The number of aliphatic imine (C=N–C) groups is 1. The molecule has 26 heavy (non-hydrogen) atoms. The summed E-state index contributed by atoms with van der Waals surface area (Å²) >= 11 is 3.58. The summed E-state index contributed by atoms with van der Waals surface area (Å²) in [5.74, 6) is 1.04. The molecule has 0 spiro atoms. The number of nitrogens with zero attached hydrogens (tertiary/aromatic N) is 3. The fourth-order valence-corrected chi connectivity index (χ4v) is 3.04. The van der Waals surface area contributed by atoms with E-state index in [4.69, 9.17) is 4.74 Å². The lowest BCUT2D eigenvalue weighted by Crippen LogP contribution is -2.14. The molecule has 1 heterocycles. The first-order valence-electron chi connectivity index (χ1n) is 9.00. The lowest BCUT2D eigenvalue weighted by atomic mass is 9.94. The van der Waals surface area contributed by atoms with Crippen molar-refractivity contribution >= 4 is 28.0 Å². The number of aryl methyl sites for hydroxylation is 1. The summed E-state index contributed by atoms with van der Waals surface area (Å²) in [5, 5.41) is 0. The van der Waals surface area contributed by atoms with Crippen LogP contribution < -0.4 is 4.74 Å². The number of benzene rings is 1. The molecule has 0 saturated carbocycles. The van der Waals surface area contributed by atoms with Gasteiger partial charge < -0.3 is 9.64 Å². The van der Waals surface area contributed by atoms with Crippen LogP contribution in [0, 0.1) is 6.92 Å². The van der Waals surface area contributed by atoms with Crippen LogP contribution >= 0.6 is 15.9 Å². The van der Waals surface area contributed by atoms with Gasteiger partial charge in [0.05, 0.1) is 22.2 Å². The molecule has 0 N–H and O–H groups in total. The highest BCUT2D eigenvalue weighted by Crippen LogP contribution is 2.34. The van der Waals surface area contributed by atoms with E-state index >= 15 is 0 Å². The molecule has 1 aromatic carbocycles. The van der Waals surface area contributed by atoms with E-state index in [9.17, 15) is 0 Å². The van der Waals surface area contributed by atoms with E-state index < -0.39 is 0 Å². The van der Waals surface area contributed by atoms with E-state index in [-0.39, 0.29) is 6.10 Å². The van der Waals surface area contributed by atoms with Gasteiger partial charge in [-0.2, -0.15) is 0 Å². The average molecular weight is 418 g/mol. The van der Waals surface area contributed by atoms with Crippen LogP contribution in [0.3, 0.4) is 0 Å². The zero-order valence-electron chi connectivity index (χ0n) is 16.5. The molecule has 0 radical (unpaired) electrons. The van der Waals surface area contributed by atoms with Crippen LogP contribution in [0.25, 0.3) is 0 Å². The number of halogens is 1. The lowest BCUT2D eigenvalue weighted by Gasteiger charge is -2.20. The Morgan fingerprint density at radius 3 is 2.50 bits per heavy atom. The normalized spacial score (nSPS) is 12.6. The highest BCUT2D eigenvalue weighted by Gasteiger charge is 2.17. The molecule has 0 amide bonds. The van der Waals surface area contributed by atoms with Gasteiger partial charge in [-0.1, -0.05) is 38.1 Å². The maximum absolute atomic E-state index is 6.18. The van der Waals surface area contributed by atoms with Gasteiger partial charge in [0.2, 0.25) is 5.88 Å². The van der Waals surface area contributed by atoms with Crippen LogP contribution in [0.2, 0.25) is 0 Å². The Hall–Kier alpha value is -1.88. The largest absolute Gasteiger partial charge is 0.469 e. The van der Waals surface area contributed by atoms with Crippen molar-refractivity contribution < 1.29 is 4.74 Å². The monoisotopic (exact) mass is 417 g/mol. The molecular formula is C21H28BrN3O. The van der Waals surface area contributed by atoms with E-state index in [1.165, 1.54) is 11.1 Å². The highest BCUT2D eigenvalue weighted by atomic mass is 79.9. The van der Waals surface area contributed by atoms with Crippen molar-refractivity contribution in [3.05, 3.63) is 51.6 Å². The van der Waals surface area contributed by atoms with Crippen molar-refractivity contribution in [3.8, 4) is 5.88 Å². The molecule has 0 fully saturated rings. The van der Waals surface area contributed by atoms with Gasteiger partial charge in [0.15, 0.2) is 0 Å². The fraction of sp³-hybridized carbons (Fsp3) is 0.429. The number of hydrogen-bond donors (Lipinski definition) is 0. The van der Waals surface area contributed by atoms with Gasteiger partial charge in [-0.05, 0) is 59.8 Å². The highest BCUT2D eigenvalue weighted by molar-refractivity contribution is 9.10. The molecule has 1 aromatic heterocycles. The van der Waals surface area contributed by atoms with Gasteiger partial charge >= 0.3 is 0 Å². The van der Waals surface area contributed by atoms with Crippen LogP contribution in [0.4, 0.5) is 5.69 Å². The third-order valence-electron chi connectivity index (χ3n) is 4.34. The zero-order valence-corrected chi connectivity index (χ0v) is 18.0. The van der Waals surface area contributed by atoms with Gasteiger partial charge in [-0.3, -0.25) is 0 Å². The van der Waals surface area contributed by atoms with Crippen molar-refractivity contribution in [1.29, 1.82) is 0 Å². The van der Waals surface area contributed by atoms with Crippen molar-refractivity contribution in [2.24, 2.45) is 4.99 Å². The molecular weight excluding hydrogens is 390 g/mol. The predicted octanol–water partition coefficient (Wildman–Crippen LogP) is 6.03. The fourth-order valence-electron chi connectivity index (χ4n) is 2.64. The Bertz CT molecular complexity index is 774. The van der Waals surface area contributed by atoms with E-state index in [1.807, 2.05) is 31.3 Å². The molecule has 0 bridgehead atoms. The predicted molar refractivity (Wildman–Crippen MR) is 113 cm³/mol. The molecule has 1 atom stereocenters. The minimum absolute atomic E-state index is 0.0858. The summed E-state index contributed by atoms with van der Waals surface area (Å²) in [7, 11) is 1.99. The Morgan fingerprint density at radius 1 is 1.23 bits per heavy atom. The van der Waals surface area contributed by atoms with E-state index in [2.05, 4.69) is 77.9 Å². The van der Waals surface area contributed by atoms with Gasteiger partial charge in [0.25, 0.3) is 0 Å². The van der Waals surface area contributed by atoms with E-state index in [0.29, 0.717) is 11.8 Å². The number of rotatable bonds is 7. The van der Waals surface area contributed by atoms with Crippen molar-refractivity contribution in [2.75, 3.05) is 13.6 Å². The smallest absolute Gasteiger partial charge is 0.228 e. The van der Waals surface area contributed by atoms with E-state index in [0.717, 1.165) is 22.4 Å². The van der Waals surface area contributed by atoms with Gasteiger partial charge in [0.1, 0.15) is 6.10 Å². The molecule has 0 aliphatic rings. The molecule has 2 aromatic rings. The SMILES string of the molecule is CCN(C)C=Nc1cc(Br)c(OC(C)c2ccccc2C(C)C)nc1C. The summed E-state index contributed by atoms with van der Waals surface area (Å²) in [6.45, 7) is 11.4. The first-order valence-corrected chi connectivity index (χ1v) is 9.79. The van der Waals surface area contributed by atoms with Crippen molar-refractivity contribution in [2.45, 2.75) is 46.6 Å². The average Bonchev–Trinajstić information content (AvgIpc) is 2.62. The summed E-state index contributed by atoms with van der Waals surface area (Å²) < 4.78 is 6.99. The third kappa shape index (κ3) is 5.07.